The molecular formula is C25H24BrN5O2S. The first-order valence-electron chi connectivity index (χ1n) is 11.3. The SMILES string of the molecule is O=C1NC(=O)/C(=C\c2ccnc(NC3CCC(NCc4ccc5ccccc5c4Br)CC3)n2)S1. The van der Waals surface area contributed by atoms with Crippen LogP contribution in [0.1, 0.15) is 36.9 Å². The van der Waals surface area contributed by atoms with Gasteiger partial charge in [0.05, 0.1) is 10.6 Å². The maximum absolute atomic E-state index is 11.8. The lowest BCUT2D eigenvalue weighted by Crippen LogP contribution is -2.37. The second-order valence-corrected chi connectivity index (χ2v) is 10.3. The molecule has 2 amide bonds. The van der Waals surface area contributed by atoms with E-state index in [4.69, 9.17) is 0 Å². The lowest BCUT2D eigenvalue weighted by Gasteiger charge is -2.30. The van der Waals surface area contributed by atoms with Crippen LogP contribution in [0.4, 0.5) is 10.7 Å². The fraction of sp³-hybridized carbons (Fsp3) is 0.280. The van der Waals surface area contributed by atoms with Crippen LogP contribution in [0.25, 0.3) is 16.8 Å². The third-order valence-electron chi connectivity index (χ3n) is 6.18. The Morgan fingerprint density at radius 2 is 1.85 bits per heavy atom. The fourth-order valence-electron chi connectivity index (χ4n) is 4.37. The maximum Gasteiger partial charge on any atom is 0.290 e. The minimum absolute atomic E-state index is 0.305. The number of carbonyl (C=O) groups is 2. The van der Waals surface area contributed by atoms with Gasteiger partial charge < -0.3 is 10.6 Å². The van der Waals surface area contributed by atoms with Crippen molar-refractivity contribution in [1.82, 2.24) is 20.6 Å². The van der Waals surface area contributed by atoms with Crippen LogP contribution in [0, 0.1) is 0 Å². The Labute approximate surface area is 210 Å². The van der Waals surface area contributed by atoms with Crippen molar-refractivity contribution in [1.29, 1.82) is 0 Å². The molecule has 34 heavy (non-hydrogen) atoms. The smallest absolute Gasteiger partial charge is 0.290 e. The summed E-state index contributed by atoms with van der Waals surface area (Å²) in [5, 5.41) is 11.5. The number of fused-ring (bicyclic) bond motifs is 1. The van der Waals surface area contributed by atoms with Gasteiger partial charge in [-0.05, 0) is 81.9 Å². The van der Waals surface area contributed by atoms with Crippen molar-refractivity contribution < 1.29 is 9.59 Å². The Morgan fingerprint density at radius 1 is 1.06 bits per heavy atom. The second kappa shape index (κ2) is 10.2. The molecule has 2 aromatic carbocycles. The average molecular weight is 538 g/mol. The Bertz CT molecular complexity index is 1270. The minimum Gasteiger partial charge on any atom is -0.351 e. The van der Waals surface area contributed by atoms with E-state index in [1.54, 1.807) is 18.3 Å². The number of carbonyl (C=O) groups excluding carboxylic acids is 2. The van der Waals surface area contributed by atoms with Crippen molar-refractivity contribution in [2.24, 2.45) is 0 Å². The zero-order chi connectivity index (χ0) is 23.5. The number of hydrogen-bond donors (Lipinski definition) is 3. The molecule has 174 valence electrons. The molecule has 1 aliphatic carbocycles. The molecule has 0 radical (unpaired) electrons. The Morgan fingerprint density at radius 3 is 2.65 bits per heavy atom. The van der Waals surface area contributed by atoms with Gasteiger partial charge in [0.15, 0.2) is 0 Å². The van der Waals surface area contributed by atoms with E-state index in [-0.39, 0.29) is 11.1 Å². The number of nitrogens with zero attached hydrogens (tertiary/aromatic N) is 2. The van der Waals surface area contributed by atoms with Crippen molar-refractivity contribution in [3.8, 4) is 0 Å². The van der Waals surface area contributed by atoms with Gasteiger partial charge in [-0.2, -0.15) is 0 Å². The van der Waals surface area contributed by atoms with Crippen LogP contribution in [0.3, 0.4) is 0 Å². The molecule has 0 spiro atoms. The Balaban J connectivity index is 1.14. The van der Waals surface area contributed by atoms with Gasteiger partial charge in [-0.15, -0.1) is 0 Å². The lowest BCUT2D eigenvalue weighted by atomic mass is 9.91. The number of halogens is 1. The van der Waals surface area contributed by atoms with E-state index >= 15 is 0 Å². The van der Waals surface area contributed by atoms with Crippen LogP contribution in [-0.4, -0.2) is 33.2 Å². The van der Waals surface area contributed by atoms with E-state index < -0.39 is 0 Å². The molecule has 3 N–H and O–H groups in total. The first kappa shape index (κ1) is 23.0. The van der Waals surface area contributed by atoms with E-state index in [0.717, 1.165) is 44.0 Å². The van der Waals surface area contributed by atoms with Crippen LogP contribution in [0.15, 0.2) is 58.0 Å². The number of hydrogen-bond acceptors (Lipinski definition) is 7. The normalized spacial score (nSPS) is 21.7. The summed E-state index contributed by atoms with van der Waals surface area (Å²) < 4.78 is 1.17. The van der Waals surface area contributed by atoms with Crippen molar-refractivity contribution >= 4 is 61.6 Å². The van der Waals surface area contributed by atoms with Crippen LogP contribution in [0.2, 0.25) is 0 Å². The van der Waals surface area contributed by atoms with Crippen LogP contribution < -0.4 is 16.0 Å². The summed E-state index contributed by atoms with van der Waals surface area (Å²) in [7, 11) is 0. The summed E-state index contributed by atoms with van der Waals surface area (Å²) >= 11 is 4.67. The number of benzene rings is 2. The van der Waals surface area contributed by atoms with Crippen molar-refractivity contribution in [3.63, 3.8) is 0 Å². The highest BCUT2D eigenvalue weighted by Gasteiger charge is 2.25. The van der Waals surface area contributed by atoms with Gasteiger partial charge in [0.2, 0.25) is 5.95 Å². The van der Waals surface area contributed by atoms with Gasteiger partial charge in [-0.25, -0.2) is 9.97 Å². The van der Waals surface area contributed by atoms with Gasteiger partial charge in [-0.3, -0.25) is 14.9 Å². The number of imide groups is 1. The quantitative estimate of drug-likeness (QED) is 0.370. The monoisotopic (exact) mass is 537 g/mol. The van der Waals surface area contributed by atoms with Gasteiger partial charge >= 0.3 is 0 Å². The van der Waals surface area contributed by atoms with E-state index in [1.807, 2.05) is 0 Å². The highest BCUT2D eigenvalue weighted by atomic mass is 79.9. The number of aromatic nitrogens is 2. The molecule has 5 rings (SSSR count). The predicted octanol–water partition coefficient (Wildman–Crippen LogP) is 5.23. The standard InChI is InChI=1S/C25H24BrN5O2S/c26-22-16(6-5-15-3-1-2-4-20(15)22)14-28-17-7-9-18(10-8-17)29-24-27-12-11-19(30-24)13-21-23(32)31-25(33)34-21/h1-6,11-13,17-18,28H,7-10,14H2,(H,27,29,30)(H,31,32,33)/b21-13+. The minimum atomic E-state index is -0.385. The highest BCUT2D eigenvalue weighted by Crippen LogP contribution is 2.29. The molecule has 1 saturated heterocycles. The number of nitrogens with one attached hydrogen (secondary N) is 3. The molecular weight excluding hydrogens is 514 g/mol. The molecule has 2 fully saturated rings. The molecule has 2 heterocycles. The van der Waals surface area contributed by atoms with Gasteiger partial charge in [0.1, 0.15) is 0 Å². The lowest BCUT2D eigenvalue weighted by molar-refractivity contribution is -0.115. The Hall–Kier alpha value is -2.75. The first-order chi connectivity index (χ1) is 16.5. The fourth-order valence-corrected chi connectivity index (χ4v) is 5.67. The van der Waals surface area contributed by atoms with E-state index in [9.17, 15) is 9.59 Å². The predicted molar refractivity (Wildman–Crippen MR) is 139 cm³/mol. The van der Waals surface area contributed by atoms with Gasteiger partial charge in [-0.1, -0.05) is 36.4 Å². The average Bonchev–Trinajstić information content (AvgIpc) is 3.16. The number of anilines is 1. The summed E-state index contributed by atoms with van der Waals surface area (Å²) in [5.41, 5.74) is 1.87. The van der Waals surface area contributed by atoms with E-state index in [2.05, 4.69) is 78.2 Å². The highest BCUT2D eigenvalue weighted by molar-refractivity contribution is 9.10. The zero-order valence-electron chi connectivity index (χ0n) is 18.4. The van der Waals surface area contributed by atoms with Crippen molar-refractivity contribution in [2.45, 2.75) is 44.3 Å². The number of thioether (sulfide) groups is 1. The number of rotatable bonds is 6. The largest absolute Gasteiger partial charge is 0.351 e. The molecule has 7 nitrogen and oxygen atoms in total. The summed E-state index contributed by atoms with van der Waals surface area (Å²) in [6.45, 7) is 0.835. The van der Waals surface area contributed by atoms with Crippen molar-refractivity contribution in [3.05, 3.63) is 69.3 Å². The maximum atomic E-state index is 11.8. The third kappa shape index (κ3) is 5.32. The molecule has 9 heteroatoms. The van der Waals surface area contributed by atoms with E-state index in [1.165, 1.54) is 20.8 Å². The third-order valence-corrected chi connectivity index (χ3v) is 7.93. The topological polar surface area (TPSA) is 96.0 Å². The summed E-state index contributed by atoms with van der Waals surface area (Å²) in [6.07, 6.45) is 7.48. The molecule has 2 aliphatic rings. The van der Waals surface area contributed by atoms with Gasteiger partial charge in [0, 0.05) is 29.3 Å². The van der Waals surface area contributed by atoms with Crippen LogP contribution in [-0.2, 0) is 11.3 Å². The summed E-state index contributed by atoms with van der Waals surface area (Å²) in [4.78, 5) is 32.3. The zero-order valence-corrected chi connectivity index (χ0v) is 20.8. The number of amides is 2. The molecule has 3 aromatic rings. The van der Waals surface area contributed by atoms with Gasteiger partial charge in [0.25, 0.3) is 11.1 Å². The Kier molecular flexibility index (Phi) is 6.94. The molecule has 0 unspecified atom stereocenters. The molecule has 0 atom stereocenters. The second-order valence-electron chi connectivity index (χ2n) is 8.49. The molecule has 1 aliphatic heterocycles. The van der Waals surface area contributed by atoms with Crippen LogP contribution in [0.5, 0.6) is 0 Å². The summed E-state index contributed by atoms with van der Waals surface area (Å²) in [5.74, 6) is 0.158. The van der Waals surface area contributed by atoms with Crippen LogP contribution >= 0.6 is 27.7 Å². The van der Waals surface area contributed by atoms with E-state index in [0.29, 0.717) is 28.6 Å². The molecule has 1 saturated carbocycles. The molecule has 0 bridgehead atoms. The van der Waals surface area contributed by atoms with Crippen molar-refractivity contribution in [2.75, 3.05) is 5.32 Å². The summed E-state index contributed by atoms with van der Waals surface area (Å²) in [6, 6.07) is 15.3. The molecule has 1 aromatic heterocycles. The first-order valence-corrected chi connectivity index (χ1v) is 12.9.